The minimum absolute atomic E-state index is 0.0293. The van der Waals surface area contributed by atoms with E-state index in [0.29, 0.717) is 12.2 Å². The number of rotatable bonds is 7. The smallest absolute Gasteiger partial charge is 0.225 e. The zero-order valence-corrected chi connectivity index (χ0v) is 10.3. The molecule has 1 rings (SSSR count). The topological polar surface area (TPSA) is 63.2 Å². The maximum atomic E-state index is 11.1. The summed E-state index contributed by atoms with van der Waals surface area (Å²) in [5.41, 5.74) is 0.940. The van der Waals surface area contributed by atoms with E-state index in [-0.39, 0.29) is 5.91 Å². The Morgan fingerprint density at radius 1 is 1.47 bits per heavy atom. The molecular weight excluding hydrogens is 218 g/mol. The third kappa shape index (κ3) is 5.31. The molecule has 0 saturated carbocycles. The molecule has 0 radical (unpaired) electrons. The van der Waals surface area contributed by atoms with Crippen molar-refractivity contribution >= 4 is 17.4 Å². The lowest BCUT2D eigenvalue weighted by Gasteiger charge is -2.07. The summed E-state index contributed by atoms with van der Waals surface area (Å²) < 4.78 is 4.95. The average Bonchev–Trinajstić information content (AvgIpc) is 2.36. The van der Waals surface area contributed by atoms with E-state index in [1.807, 2.05) is 6.07 Å². The van der Waals surface area contributed by atoms with E-state index in [2.05, 4.69) is 15.6 Å². The predicted molar refractivity (Wildman–Crippen MR) is 68.1 cm³/mol. The first-order chi connectivity index (χ1) is 8.26. The number of aromatic nitrogens is 1. The number of carbonyl (C=O) groups excluding carboxylic acids is 1. The number of carbonyl (C=O) groups is 1. The molecule has 1 amide bonds. The van der Waals surface area contributed by atoms with Gasteiger partial charge in [0.2, 0.25) is 5.91 Å². The number of pyridine rings is 1. The molecule has 0 aliphatic carbocycles. The summed E-state index contributed by atoms with van der Waals surface area (Å²) in [7, 11) is 1.69. The second-order valence-corrected chi connectivity index (χ2v) is 3.61. The van der Waals surface area contributed by atoms with Gasteiger partial charge in [-0.1, -0.05) is 6.92 Å². The highest BCUT2D eigenvalue weighted by Crippen LogP contribution is 2.09. The van der Waals surface area contributed by atoms with Crippen LogP contribution in [0.15, 0.2) is 18.3 Å². The van der Waals surface area contributed by atoms with Crippen LogP contribution in [0.5, 0.6) is 0 Å². The van der Waals surface area contributed by atoms with Crippen LogP contribution < -0.4 is 10.6 Å². The molecule has 2 N–H and O–H groups in total. The lowest BCUT2D eigenvalue weighted by Crippen LogP contribution is -2.11. The van der Waals surface area contributed by atoms with Gasteiger partial charge >= 0.3 is 0 Å². The van der Waals surface area contributed by atoms with Gasteiger partial charge in [0.05, 0.1) is 11.9 Å². The Labute approximate surface area is 102 Å². The van der Waals surface area contributed by atoms with Gasteiger partial charge in [-0.15, -0.1) is 0 Å². The van der Waals surface area contributed by atoms with E-state index in [1.54, 1.807) is 26.3 Å². The third-order valence-corrected chi connectivity index (χ3v) is 2.21. The number of amides is 1. The Hall–Kier alpha value is -1.62. The van der Waals surface area contributed by atoms with Crippen LogP contribution in [-0.2, 0) is 9.53 Å². The van der Waals surface area contributed by atoms with Gasteiger partial charge in [-0.25, -0.2) is 4.98 Å². The number of ether oxygens (including phenoxy) is 1. The molecule has 0 unspecified atom stereocenters. The Balaban J connectivity index is 2.36. The number of hydrogen-bond donors (Lipinski definition) is 2. The maximum Gasteiger partial charge on any atom is 0.225 e. The van der Waals surface area contributed by atoms with Crippen molar-refractivity contribution in [3.63, 3.8) is 0 Å². The minimum atomic E-state index is -0.0293. The van der Waals surface area contributed by atoms with E-state index in [4.69, 9.17) is 4.74 Å². The molecular formula is C12H19N3O2. The molecule has 0 aromatic carbocycles. The van der Waals surface area contributed by atoms with Gasteiger partial charge in [0.25, 0.3) is 0 Å². The highest BCUT2D eigenvalue weighted by molar-refractivity contribution is 5.89. The lowest BCUT2D eigenvalue weighted by molar-refractivity contribution is -0.115. The van der Waals surface area contributed by atoms with Gasteiger partial charge in [-0.3, -0.25) is 4.79 Å². The summed E-state index contributed by atoms with van der Waals surface area (Å²) in [6.45, 7) is 3.39. The first kappa shape index (κ1) is 13.4. The summed E-state index contributed by atoms with van der Waals surface area (Å²) in [5.74, 6) is 0.553. The molecule has 5 heteroatoms. The van der Waals surface area contributed by atoms with Crippen LogP contribution in [0.3, 0.4) is 0 Å². The van der Waals surface area contributed by atoms with E-state index in [0.717, 1.165) is 25.3 Å². The Bertz CT molecular complexity index is 338. The summed E-state index contributed by atoms with van der Waals surface area (Å²) in [4.78, 5) is 15.3. The van der Waals surface area contributed by atoms with Crippen LogP contribution in [0.2, 0.25) is 0 Å². The van der Waals surface area contributed by atoms with Crippen LogP contribution in [0.1, 0.15) is 19.8 Å². The first-order valence-corrected chi connectivity index (χ1v) is 5.75. The normalized spacial score (nSPS) is 10.0. The number of anilines is 2. The van der Waals surface area contributed by atoms with Crippen molar-refractivity contribution in [1.29, 1.82) is 0 Å². The lowest BCUT2D eigenvalue weighted by atomic mass is 10.3. The van der Waals surface area contributed by atoms with Crippen molar-refractivity contribution < 1.29 is 9.53 Å². The summed E-state index contributed by atoms with van der Waals surface area (Å²) in [6, 6.07) is 3.68. The molecule has 0 atom stereocenters. The molecule has 1 aromatic rings. The second kappa shape index (κ2) is 7.62. The fourth-order valence-corrected chi connectivity index (χ4v) is 1.25. The fraction of sp³-hybridized carbons (Fsp3) is 0.500. The second-order valence-electron chi connectivity index (χ2n) is 3.61. The van der Waals surface area contributed by atoms with Crippen LogP contribution in [0, 0.1) is 0 Å². The van der Waals surface area contributed by atoms with Crippen molar-refractivity contribution in [2.75, 3.05) is 30.9 Å². The number of nitrogens with zero attached hydrogens (tertiary/aromatic N) is 1. The highest BCUT2D eigenvalue weighted by Gasteiger charge is 1.99. The monoisotopic (exact) mass is 237 g/mol. The van der Waals surface area contributed by atoms with Gasteiger partial charge < -0.3 is 15.4 Å². The largest absolute Gasteiger partial charge is 0.385 e. The van der Waals surface area contributed by atoms with Gasteiger partial charge in [-0.2, -0.15) is 0 Å². The fourth-order valence-electron chi connectivity index (χ4n) is 1.25. The van der Waals surface area contributed by atoms with Crippen molar-refractivity contribution in [2.24, 2.45) is 0 Å². The van der Waals surface area contributed by atoms with Crippen LogP contribution in [0.4, 0.5) is 11.5 Å². The number of hydrogen-bond acceptors (Lipinski definition) is 4. The molecule has 0 aliphatic rings. The Morgan fingerprint density at radius 2 is 2.29 bits per heavy atom. The Kier molecular flexibility index (Phi) is 6.03. The average molecular weight is 237 g/mol. The molecule has 94 valence electrons. The van der Waals surface area contributed by atoms with Crippen molar-refractivity contribution in [1.82, 2.24) is 4.98 Å². The van der Waals surface area contributed by atoms with E-state index in [1.165, 1.54) is 0 Å². The number of methoxy groups -OCH3 is 1. The van der Waals surface area contributed by atoms with Gasteiger partial charge in [0.15, 0.2) is 0 Å². The summed E-state index contributed by atoms with van der Waals surface area (Å²) in [6.07, 6.45) is 3.11. The SMILES string of the molecule is CCC(=O)Nc1ccc(NCCCOC)cn1. The molecule has 0 saturated heterocycles. The van der Waals surface area contributed by atoms with Crippen LogP contribution in [0.25, 0.3) is 0 Å². The molecule has 0 spiro atoms. The minimum Gasteiger partial charge on any atom is -0.385 e. The molecule has 0 aliphatic heterocycles. The number of nitrogens with one attached hydrogen (secondary N) is 2. The molecule has 1 heterocycles. The van der Waals surface area contributed by atoms with E-state index >= 15 is 0 Å². The van der Waals surface area contributed by atoms with Gasteiger partial charge in [-0.05, 0) is 18.6 Å². The molecule has 1 aromatic heterocycles. The zero-order valence-electron chi connectivity index (χ0n) is 10.3. The molecule has 0 fully saturated rings. The first-order valence-electron chi connectivity index (χ1n) is 5.75. The standard InChI is InChI=1S/C12H19N3O2/c1-3-12(16)15-11-6-5-10(9-14-11)13-7-4-8-17-2/h5-6,9,13H,3-4,7-8H2,1-2H3,(H,14,15,16). The summed E-state index contributed by atoms with van der Waals surface area (Å²) in [5, 5.41) is 5.92. The van der Waals surface area contributed by atoms with Gasteiger partial charge in [0, 0.05) is 26.7 Å². The van der Waals surface area contributed by atoms with Gasteiger partial charge in [0.1, 0.15) is 5.82 Å². The maximum absolute atomic E-state index is 11.1. The van der Waals surface area contributed by atoms with Crippen molar-refractivity contribution in [2.45, 2.75) is 19.8 Å². The third-order valence-electron chi connectivity index (χ3n) is 2.21. The van der Waals surface area contributed by atoms with Crippen molar-refractivity contribution in [3.8, 4) is 0 Å². The predicted octanol–water partition coefficient (Wildman–Crippen LogP) is 1.88. The van der Waals surface area contributed by atoms with E-state index < -0.39 is 0 Å². The summed E-state index contributed by atoms with van der Waals surface area (Å²) >= 11 is 0. The molecule has 17 heavy (non-hydrogen) atoms. The Morgan fingerprint density at radius 3 is 2.88 bits per heavy atom. The molecule has 5 nitrogen and oxygen atoms in total. The van der Waals surface area contributed by atoms with Crippen LogP contribution >= 0.6 is 0 Å². The van der Waals surface area contributed by atoms with Crippen molar-refractivity contribution in [3.05, 3.63) is 18.3 Å². The van der Waals surface area contributed by atoms with E-state index in [9.17, 15) is 4.79 Å². The quantitative estimate of drug-likeness (QED) is 0.711. The zero-order chi connectivity index (χ0) is 12.5. The van der Waals surface area contributed by atoms with Crippen LogP contribution in [-0.4, -0.2) is 31.2 Å². The molecule has 0 bridgehead atoms. The highest BCUT2D eigenvalue weighted by atomic mass is 16.5.